The number of benzene rings is 1. The average Bonchev–Trinajstić information content (AvgIpc) is 2.28. The van der Waals surface area contributed by atoms with Gasteiger partial charge in [0.15, 0.2) is 0 Å². The van der Waals surface area contributed by atoms with Gasteiger partial charge in [-0.05, 0) is 30.2 Å². The molecule has 0 heterocycles. The number of hydrogen-bond donors (Lipinski definition) is 1. The molecule has 0 aromatic heterocycles. The van der Waals surface area contributed by atoms with E-state index < -0.39 is 12.6 Å². The van der Waals surface area contributed by atoms with Crippen molar-refractivity contribution in [3.63, 3.8) is 0 Å². The van der Waals surface area contributed by atoms with Gasteiger partial charge in [0.1, 0.15) is 11.5 Å². The molecular weight excluding hydrogens is 234 g/mol. The molecule has 0 unspecified atom stereocenters. The zero-order valence-electron chi connectivity index (χ0n) is 9.15. The van der Waals surface area contributed by atoms with Gasteiger partial charge >= 0.3 is 12.6 Å². The summed E-state index contributed by atoms with van der Waals surface area (Å²) in [4.78, 5) is 10.9. The van der Waals surface area contributed by atoms with Gasteiger partial charge in [-0.15, -0.1) is 0 Å². The van der Waals surface area contributed by atoms with Crippen molar-refractivity contribution >= 4 is 5.97 Å². The van der Waals surface area contributed by atoms with Crippen molar-refractivity contribution in [3.8, 4) is 11.5 Å². The molecule has 1 aromatic carbocycles. The third-order valence-corrected chi connectivity index (χ3v) is 2.10. The zero-order chi connectivity index (χ0) is 12.8. The van der Waals surface area contributed by atoms with Crippen molar-refractivity contribution in [2.24, 2.45) is 0 Å². The number of phenolic OH excluding ortho intramolecular Hbond substituents is 1. The Balaban J connectivity index is 2.72. The Hall–Kier alpha value is -1.85. The molecule has 0 radical (unpaired) electrons. The van der Waals surface area contributed by atoms with E-state index in [1.165, 1.54) is 25.3 Å². The van der Waals surface area contributed by atoms with Gasteiger partial charge in [-0.3, -0.25) is 4.79 Å². The number of carbonyl (C=O) groups is 1. The van der Waals surface area contributed by atoms with E-state index in [9.17, 15) is 18.7 Å². The van der Waals surface area contributed by atoms with Crippen LogP contribution < -0.4 is 4.74 Å². The number of esters is 1. The number of carbonyl (C=O) groups excluding carboxylic acids is 1. The molecule has 4 nitrogen and oxygen atoms in total. The number of aromatic hydroxyl groups is 1. The lowest BCUT2D eigenvalue weighted by Crippen LogP contribution is -2.04. The number of phenols is 1. The van der Waals surface area contributed by atoms with E-state index in [4.69, 9.17) is 0 Å². The monoisotopic (exact) mass is 246 g/mol. The minimum Gasteiger partial charge on any atom is -0.508 e. The van der Waals surface area contributed by atoms with Crippen LogP contribution >= 0.6 is 0 Å². The van der Waals surface area contributed by atoms with Crippen LogP contribution in [0.5, 0.6) is 11.5 Å². The van der Waals surface area contributed by atoms with Crippen molar-refractivity contribution in [2.75, 3.05) is 7.11 Å². The summed E-state index contributed by atoms with van der Waals surface area (Å²) >= 11 is 0. The Morgan fingerprint density at radius 2 is 2.18 bits per heavy atom. The van der Waals surface area contributed by atoms with Crippen LogP contribution in [0.2, 0.25) is 0 Å². The van der Waals surface area contributed by atoms with Gasteiger partial charge in [0.25, 0.3) is 0 Å². The Kier molecular flexibility index (Phi) is 4.68. The summed E-state index contributed by atoms with van der Waals surface area (Å²) in [7, 11) is 1.25. The van der Waals surface area contributed by atoms with Gasteiger partial charge in [0, 0.05) is 6.42 Å². The summed E-state index contributed by atoms with van der Waals surface area (Å²) in [5, 5.41) is 9.46. The summed E-state index contributed by atoms with van der Waals surface area (Å²) < 4.78 is 32.5. The van der Waals surface area contributed by atoms with Crippen LogP contribution in [0.15, 0.2) is 18.2 Å². The summed E-state index contributed by atoms with van der Waals surface area (Å²) in [6.45, 7) is -2.92. The molecular formula is C11H12F2O4. The first-order chi connectivity index (χ1) is 8.02. The van der Waals surface area contributed by atoms with Crippen molar-refractivity contribution in [1.82, 2.24) is 0 Å². The smallest absolute Gasteiger partial charge is 0.387 e. The molecule has 6 heteroatoms. The lowest BCUT2D eigenvalue weighted by molar-refractivity contribution is -0.140. The molecule has 0 aliphatic rings. The van der Waals surface area contributed by atoms with E-state index in [1.807, 2.05) is 0 Å². The van der Waals surface area contributed by atoms with Crippen molar-refractivity contribution in [2.45, 2.75) is 19.5 Å². The summed E-state index contributed by atoms with van der Waals surface area (Å²) in [5.41, 5.74) is 0.355. The van der Waals surface area contributed by atoms with E-state index in [1.54, 1.807) is 0 Å². The third-order valence-electron chi connectivity index (χ3n) is 2.10. The first-order valence-electron chi connectivity index (χ1n) is 4.86. The maximum absolute atomic E-state index is 12.0. The predicted molar refractivity (Wildman–Crippen MR) is 55.1 cm³/mol. The number of methoxy groups -OCH3 is 1. The normalized spacial score (nSPS) is 10.4. The highest BCUT2D eigenvalue weighted by Crippen LogP contribution is 2.25. The fraction of sp³-hybridized carbons (Fsp3) is 0.364. The number of alkyl halides is 2. The van der Waals surface area contributed by atoms with E-state index in [-0.39, 0.29) is 24.3 Å². The second-order valence-electron chi connectivity index (χ2n) is 3.25. The highest BCUT2D eigenvalue weighted by molar-refractivity contribution is 5.69. The second-order valence-corrected chi connectivity index (χ2v) is 3.25. The van der Waals surface area contributed by atoms with Crippen LogP contribution in [0.3, 0.4) is 0 Å². The molecule has 1 aromatic rings. The molecule has 1 N–H and O–H groups in total. The Bertz CT molecular complexity index is 393. The molecule has 0 saturated heterocycles. The van der Waals surface area contributed by atoms with Gasteiger partial charge < -0.3 is 14.6 Å². The Morgan fingerprint density at radius 1 is 1.47 bits per heavy atom. The van der Waals surface area contributed by atoms with E-state index in [0.29, 0.717) is 5.56 Å². The van der Waals surface area contributed by atoms with E-state index in [0.717, 1.165) is 0 Å². The molecule has 0 aliphatic heterocycles. The molecule has 0 spiro atoms. The number of ether oxygens (including phenoxy) is 2. The minimum atomic E-state index is -2.92. The lowest BCUT2D eigenvalue weighted by atomic mass is 10.1. The SMILES string of the molecule is COC(=O)CCc1cc(OC(F)F)ccc1O. The zero-order valence-corrected chi connectivity index (χ0v) is 9.15. The fourth-order valence-corrected chi connectivity index (χ4v) is 1.28. The standard InChI is InChI=1S/C11H12F2O4/c1-16-10(15)5-2-7-6-8(17-11(12)13)3-4-9(7)14/h3-4,6,11,14H,2,5H2,1H3. The molecule has 1 rings (SSSR count). The predicted octanol–water partition coefficient (Wildman–Crippen LogP) is 2.10. The lowest BCUT2D eigenvalue weighted by Gasteiger charge is -2.08. The Morgan fingerprint density at radius 3 is 2.76 bits per heavy atom. The summed E-state index contributed by atoms with van der Waals surface area (Å²) in [5.74, 6) is -0.572. The fourth-order valence-electron chi connectivity index (χ4n) is 1.28. The van der Waals surface area contributed by atoms with Crippen molar-refractivity contribution < 1.29 is 28.2 Å². The molecule has 0 amide bonds. The van der Waals surface area contributed by atoms with E-state index >= 15 is 0 Å². The third kappa shape index (κ3) is 4.26. The quantitative estimate of drug-likeness (QED) is 0.808. The van der Waals surface area contributed by atoms with Crippen molar-refractivity contribution in [3.05, 3.63) is 23.8 Å². The molecule has 0 aliphatic carbocycles. The topological polar surface area (TPSA) is 55.8 Å². The van der Waals surface area contributed by atoms with Gasteiger partial charge in [0.2, 0.25) is 0 Å². The highest BCUT2D eigenvalue weighted by atomic mass is 19.3. The minimum absolute atomic E-state index is 0.0577. The number of aryl methyl sites for hydroxylation is 1. The molecule has 0 saturated carbocycles. The van der Waals surface area contributed by atoms with Crippen LogP contribution in [0.1, 0.15) is 12.0 Å². The molecule has 0 bridgehead atoms. The molecule has 0 fully saturated rings. The largest absolute Gasteiger partial charge is 0.508 e. The maximum atomic E-state index is 12.0. The molecule has 17 heavy (non-hydrogen) atoms. The van der Waals surface area contributed by atoms with Gasteiger partial charge in [0.05, 0.1) is 7.11 Å². The highest BCUT2D eigenvalue weighted by Gasteiger charge is 2.09. The maximum Gasteiger partial charge on any atom is 0.387 e. The first-order valence-corrected chi connectivity index (χ1v) is 4.86. The van der Waals surface area contributed by atoms with Crippen LogP contribution in [0, 0.1) is 0 Å². The van der Waals surface area contributed by atoms with Crippen LogP contribution in [0.4, 0.5) is 8.78 Å². The van der Waals surface area contributed by atoms with Gasteiger partial charge in [-0.25, -0.2) is 0 Å². The van der Waals surface area contributed by atoms with Crippen LogP contribution in [0.25, 0.3) is 0 Å². The average molecular weight is 246 g/mol. The van der Waals surface area contributed by atoms with Gasteiger partial charge in [-0.2, -0.15) is 8.78 Å². The number of halogens is 2. The van der Waals surface area contributed by atoms with E-state index in [2.05, 4.69) is 9.47 Å². The Labute approximate surface area is 96.8 Å². The van der Waals surface area contributed by atoms with Crippen LogP contribution in [-0.4, -0.2) is 24.8 Å². The van der Waals surface area contributed by atoms with Gasteiger partial charge in [-0.1, -0.05) is 0 Å². The number of rotatable bonds is 5. The summed E-state index contributed by atoms with van der Waals surface area (Å²) in [6.07, 6.45) is 0.251. The number of hydrogen-bond acceptors (Lipinski definition) is 4. The first kappa shape index (κ1) is 13.2. The second kappa shape index (κ2) is 6.03. The molecule has 94 valence electrons. The summed E-state index contributed by atoms with van der Waals surface area (Å²) in [6, 6.07) is 3.73. The van der Waals surface area contributed by atoms with Crippen molar-refractivity contribution in [1.29, 1.82) is 0 Å². The molecule has 0 atom stereocenters. The van der Waals surface area contributed by atoms with Crippen LogP contribution in [-0.2, 0) is 16.0 Å².